The second-order valence-electron chi connectivity index (χ2n) is 13.4. The van der Waals surface area contributed by atoms with Crippen LogP contribution in [0.3, 0.4) is 0 Å². The number of anilines is 1. The zero-order valence-electron chi connectivity index (χ0n) is 26.8. The summed E-state index contributed by atoms with van der Waals surface area (Å²) in [5.41, 5.74) is 8.48. The molecule has 0 spiro atoms. The molecule has 2 heterocycles. The third kappa shape index (κ3) is 7.75. The van der Waals surface area contributed by atoms with Crippen molar-refractivity contribution >= 4 is 17.7 Å². The van der Waals surface area contributed by atoms with Gasteiger partial charge in [0.25, 0.3) is 5.91 Å². The van der Waals surface area contributed by atoms with E-state index in [-0.39, 0.29) is 35.7 Å². The van der Waals surface area contributed by atoms with Gasteiger partial charge in [0.05, 0.1) is 12.1 Å². The molecule has 7 nitrogen and oxygen atoms in total. The standard InChI is InChI=1S/C34H45F3N4O3/c1-21(2)30(38)16-24-9-8-10-26(15-24)41-20-28-27(31(41)42)17-25(18-29(28)34(35,36)37)22(3)39(7)13-11-23-12-14-40(19-23)32(43)44-33(4,5)6/h8-10,15,17-18,22-23H,11-14,16,19-20,38H2,1-7H3. The molecule has 2 aromatic carbocycles. The van der Waals surface area contributed by atoms with Crippen LogP contribution in [-0.4, -0.2) is 54.1 Å². The minimum absolute atomic E-state index is 0.00325. The van der Waals surface area contributed by atoms with Gasteiger partial charge in [-0.15, -0.1) is 0 Å². The summed E-state index contributed by atoms with van der Waals surface area (Å²) < 4.78 is 48.6. The molecule has 0 radical (unpaired) electrons. The Balaban J connectivity index is 1.49. The first-order valence-electron chi connectivity index (χ1n) is 15.2. The van der Waals surface area contributed by atoms with Crippen LogP contribution in [-0.2, 0) is 23.9 Å². The number of benzene rings is 2. The number of hydrogen-bond donors (Lipinski definition) is 1. The molecule has 2 aliphatic rings. The lowest BCUT2D eigenvalue weighted by molar-refractivity contribution is -0.138. The number of hydrogen-bond acceptors (Lipinski definition) is 5. The smallest absolute Gasteiger partial charge is 0.416 e. The van der Waals surface area contributed by atoms with E-state index in [0.29, 0.717) is 43.0 Å². The number of ether oxygens (including phenoxy) is 1. The van der Waals surface area contributed by atoms with Crippen molar-refractivity contribution in [2.75, 3.05) is 31.6 Å². The third-order valence-corrected chi connectivity index (χ3v) is 8.60. The summed E-state index contributed by atoms with van der Waals surface area (Å²) in [5, 5.41) is 0. The van der Waals surface area contributed by atoms with E-state index in [2.05, 4.69) is 0 Å². The first kappa shape index (κ1) is 33.4. The second-order valence-corrected chi connectivity index (χ2v) is 13.4. The maximum atomic E-state index is 14.4. The highest BCUT2D eigenvalue weighted by Crippen LogP contribution is 2.41. The maximum absolute atomic E-state index is 14.4. The Bertz CT molecular complexity index is 1430. The fraction of sp³-hybridized carbons (Fsp3) is 0.529. The van der Waals surface area contributed by atoms with Crippen LogP contribution in [0.4, 0.5) is 23.7 Å². The number of rotatable bonds is 8. The lowest BCUT2D eigenvalue weighted by atomic mass is 9.95. The highest BCUT2D eigenvalue weighted by molar-refractivity contribution is 6.10. The number of nitrogens with zero attached hydrogens (tertiary/aromatic N) is 3. The number of nitrogens with two attached hydrogens (primary N) is 1. The topological polar surface area (TPSA) is 79.1 Å². The van der Waals surface area contributed by atoms with Crippen molar-refractivity contribution in [3.8, 4) is 0 Å². The van der Waals surface area contributed by atoms with Gasteiger partial charge in [0.15, 0.2) is 0 Å². The number of allylic oxidation sites excluding steroid dienone is 2. The Morgan fingerprint density at radius 2 is 1.86 bits per heavy atom. The van der Waals surface area contributed by atoms with Crippen molar-refractivity contribution in [2.24, 2.45) is 11.7 Å². The summed E-state index contributed by atoms with van der Waals surface area (Å²) in [7, 11) is 1.88. The average molecular weight is 615 g/mol. The molecular weight excluding hydrogens is 569 g/mol. The van der Waals surface area contributed by atoms with E-state index in [1.54, 1.807) is 23.1 Å². The molecule has 1 fully saturated rings. The Morgan fingerprint density at radius 3 is 2.50 bits per heavy atom. The normalized spacial score (nSPS) is 17.7. The molecule has 0 aromatic heterocycles. The maximum Gasteiger partial charge on any atom is 0.416 e. The number of amides is 2. The molecule has 240 valence electrons. The summed E-state index contributed by atoms with van der Waals surface area (Å²) in [6, 6.07) is 9.71. The summed E-state index contributed by atoms with van der Waals surface area (Å²) in [4.78, 5) is 31.2. The SMILES string of the molecule is CC(C)=C(N)Cc1cccc(N2Cc3c(cc(C(C)N(C)CCC4CCN(C(=O)OC(C)(C)C)C4)cc3C(F)(F)F)C2=O)c1. The molecule has 2 N–H and O–H groups in total. The number of likely N-dealkylation sites (tertiary alicyclic amines) is 1. The number of halogens is 3. The molecule has 2 aliphatic heterocycles. The first-order valence-corrected chi connectivity index (χ1v) is 15.2. The van der Waals surface area contributed by atoms with E-state index in [0.717, 1.165) is 24.0 Å². The molecule has 2 atom stereocenters. The van der Waals surface area contributed by atoms with E-state index in [1.165, 1.54) is 11.0 Å². The fourth-order valence-electron chi connectivity index (χ4n) is 5.76. The van der Waals surface area contributed by atoms with Crippen LogP contribution in [0.5, 0.6) is 0 Å². The monoisotopic (exact) mass is 614 g/mol. The molecule has 2 aromatic rings. The van der Waals surface area contributed by atoms with Gasteiger partial charge in [-0.05, 0) is 115 Å². The van der Waals surface area contributed by atoms with Crippen molar-refractivity contribution in [3.05, 3.63) is 75.5 Å². The van der Waals surface area contributed by atoms with E-state index in [9.17, 15) is 22.8 Å². The fourth-order valence-corrected chi connectivity index (χ4v) is 5.76. The van der Waals surface area contributed by atoms with Crippen molar-refractivity contribution in [3.63, 3.8) is 0 Å². The number of fused-ring (bicyclic) bond motifs is 1. The largest absolute Gasteiger partial charge is 0.444 e. The molecule has 1 saturated heterocycles. The lowest BCUT2D eigenvalue weighted by Gasteiger charge is -2.27. The predicted octanol–water partition coefficient (Wildman–Crippen LogP) is 7.30. The number of carbonyl (C=O) groups is 2. The summed E-state index contributed by atoms with van der Waals surface area (Å²) in [6.45, 7) is 12.9. The molecule has 4 rings (SSSR count). The first-order chi connectivity index (χ1) is 20.4. The highest BCUT2D eigenvalue weighted by Gasteiger charge is 2.41. The van der Waals surface area contributed by atoms with E-state index >= 15 is 0 Å². The van der Waals surface area contributed by atoms with Crippen molar-refractivity contribution in [2.45, 2.75) is 85.2 Å². The van der Waals surface area contributed by atoms with Crippen LogP contribution in [0.25, 0.3) is 0 Å². The molecule has 0 saturated carbocycles. The van der Waals surface area contributed by atoms with Gasteiger partial charge in [0.2, 0.25) is 0 Å². The van der Waals surface area contributed by atoms with Gasteiger partial charge in [-0.1, -0.05) is 17.7 Å². The van der Waals surface area contributed by atoms with Gasteiger partial charge in [-0.2, -0.15) is 13.2 Å². The van der Waals surface area contributed by atoms with Crippen LogP contribution >= 0.6 is 0 Å². The van der Waals surface area contributed by atoms with Crippen LogP contribution in [0.2, 0.25) is 0 Å². The summed E-state index contributed by atoms with van der Waals surface area (Å²) in [5.74, 6) is -0.163. The molecule has 0 aliphatic carbocycles. The van der Waals surface area contributed by atoms with E-state index in [4.69, 9.17) is 10.5 Å². The highest BCUT2D eigenvalue weighted by atomic mass is 19.4. The van der Waals surface area contributed by atoms with Crippen LogP contribution in [0, 0.1) is 5.92 Å². The summed E-state index contributed by atoms with van der Waals surface area (Å²) >= 11 is 0. The van der Waals surface area contributed by atoms with Gasteiger partial charge in [0.1, 0.15) is 5.60 Å². The zero-order valence-corrected chi connectivity index (χ0v) is 26.8. The molecular formula is C34H45F3N4O3. The van der Waals surface area contributed by atoms with Gasteiger partial charge in [0, 0.05) is 42.5 Å². The van der Waals surface area contributed by atoms with Crippen molar-refractivity contribution < 1.29 is 27.5 Å². The van der Waals surface area contributed by atoms with Crippen LogP contribution in [0.15, 0.2) is 47.7 Å². The van der Waals surface area contributed by atoms with E-state index in [1.807, 2.05) is 65.6 Å². The molecule has 10 heteroatoms. The Kier molecular flexibility index (Phi) is 9.73. The van der Waals surface area contributed by atoms with Gasteiger partial charge in [-0.3, -0.25) is 9.69 Å². The lowest BCUT2D eigenvalue weighted by Crippen LogP contribution is -2.35. The minimum Gasteiger partial charge on any atom is -0.444 e. The van der Waals surface area contributed by atoms with Crippen LogP contribution < -0.4 is 10.6 Å². The number of alkyl halides is 3. The minimum atomic E-state index is -4.61. The Labute approximate surface area is 258 Å². The summed E-state index contributed by atoms with van der Waals surface area (Å²) in [6.07, 6.45) is -2.79. The predicted molar refractivity (Wildman–Crippen MR) is 166 cm³/mol. The quantitative estimate of drug-likeness (QED) is 0.338. The molecule has 44 heavy (non-hydrogen) atoms. The Hall–Kier alpha value is -3.53. The molecule has 2 amide bonds. The third-order valence-electron chi connectivity index (χ3n) is 8.60. The van der Waals surface area contributed by atoms with Crippen molar-refractivity contribution in [1.29, 1.82) is 0 Å². The second kappa shape index (κ2) is 12.8. The van der Waals surface area contributed by atoms with Gasteiger partial charge >= 0.3 is 12.3 Å². The Morgan fingerprint density at radius 1 is 1.16 bits per heavy atom. The zero-order chi connectivity index (χ0) is 32.6. The van der Waals surface area contributed by atoms with Gasteiger partial charge < -0.3 is 20.3 Å². The van der Waals surface area contributed by atoms with Crippen molar-refractivity contribution in [1.82, 2.24) is 9.80 Å². The van der Waals surface area contributed by atoms with Gasteiger partial charge in [-0.25, -0.2) is 4.79 Å². The number of carbonyl (C=O) groups excluding carboxylic acids is 2. The molecule has 2 unspecified atom stereocenters. The van der Waals surface area contributed by atoms with E-state index < -0.39 is 23.2 Å². The van der Waals surface area contributed by atoms with Crippen LogP contribution in [0.1, 0.15) is 93.0 Å². The molecule has 0 bridgehead atoms. The average Bonchev–Trinajstić information content (AvgIpc) is 3.54.